The first-order chi connectivity index (χ1) is 16.6. The number of rotatable bonds is 9. The van der Waals surface area contributed by atoms with Crippen molar-refractivity contribution in [3.63, 3.8) is 0 Å². The van der Waals surface area contributed by atoms with E-state index in [0.29, 0.717) is 19.4 Å². The lowest BCUT2D eigenvalue weighted by molar-refractivity contribution is -0.123. The number of fused-ring (bicyclic) bond motifs is 1. The zero-order chi connectivity index (χ0) is 23.8. The topological polar surface area (TPSA) is 96.5 Å². The maximum atomic E-state index is 13.0. The van der Waals surface area contributed by atoms with Crippen LogP contribution in [0.2, 0.25) is 0 Å². The van der Waals surface area contributed by atoms with E-state index in [4.69, 9.17) is 4.74 Å². The molecule has 0 aliphatic carbocycles. The number of ether oxygens (including phenoxy) is 1. The summed E-state index contributed by atoms with van der Waals surface area (Å²) in [6.45, 7) is 0.417. The van der Waals surface area contributed by atoms with Crippen molar-refractivity contribution in [2.75, 3.05) is 11.9 Å². The van der Waals surface area contributed by atoms with Crippen LogP contribution < -0.4 is 16.0 Å². The molecule has 0 spiro atoms. The Morgan fingerprint density at radius 2 is 1.53 bits per heavy atom. The van der Waals surface area contributed by atoms with E-state index in [2.05, 4.69) is 16.0 Å². The molecule has 0 fully saturated rings. The van der Waals surface area contributed by atoms with Gasteiger partial charge in [0.2, 0.25) is 11.8 Å². The number of para-hydroxylation sites is 1. The fourth-order valence-corrected chi connectivity index (χ4v) is 3.99. The van der Waals surface area contributed by atoms with Crippen LogP contribution in [0.1, 0.15) is 29.0 Å². The number of nitrogens with one attached hydrogen (secondary N) is 3. The standard InChI is InChI=1S/C27H27N3O4/c31-25-22(21-13-7-8-14-23(21)29-25)15-16-28-26(32)24(17-19-9-3-1-4-10-19)30-27(33)34-18-20-11-5-2-6-12-20/h1-14,22,24H,15-18H2,(H,28,32)(H,29,31)(H,30,33)/t22-,24-/m1/s1. The molecule has 0 saturated carbocycles. The van der Waals surface area contributed by atoms with Gasteiger partial charge in [0.25, 0.3) is 0 Å². The number of hydrogen-bond donors (Lipinski definition) is 3. The Morgan fingerprint density at radius 3 is 2.26 bits per heavy atom. The fourth-order valence-electron chi connectivity index (χ4n) is 3.99. The van der Waals surface area contributed by atoms with E-state index in [1.54, 1.807) is 0 Å². The van der Waals surface area contributed by atoms with Crippen molar-refractivity contribution in [1.82, 2.24) is 10.6 Å². The molecule has 4 rings (SSSR count). The van der Waals surface area contributed by atoms with Crippen LogP contribution in [-0.4, -0.2) is 30.5 Å². The highest BCUT2D eigenvalue weighted by molar-refractivity contribution is 6.02. The van der Waals surface area contributed by atoms with Gasteiger partial charge in [-0.25, -0.2) is 4.79 Å². The van der Waals surface area contributed by atoms with Crippen molar-refractivity contribution in [2.45, 2.75) is 31.4 Å². The summed E-state index contributed by atoms with van der Waals surface area (Å²) in [7, 11) is 0. The van der Waals surface area contributed by atoms with Gasteiger partial charge in [0.05, 0.1) is 5.92 Å². The molecule has 3 N–H and O–H groups in total. The highest BCUT2D eigenvalue weighted by Gasteiger charge is 2.30. The molecule has 0 aromatic heterocycles. The fraction of sp³-hybridized carbons (Fsp3) is 0.222. The second-order valence-electron chi connectivity index (χ2n) is 8.16. The van der Waals surface area contributed by atoms with Gasteiger partial charge in [-0.1, -0.05) is 78.9 Å². The zero-order valence-corrected chi connectivity index (χ0v) is 18.7. The van der Waals surface area contributed by atoms with Gasteiger partial charge < -0.3 is 20.7 Å². The van der Waals surface area contributed by atoms with Crippen molar-refractivity contribution in [3.05, 3.63) is 102 Å². The van der Waals surface area contributed by atoms with Gasteiger partial charge >= 0.3 is 6.09 Å². The molecule has 0 bridgehead atoms. The molecule has 3 aromatic carbocycles. The lowest BCUT2D eigenvalue weighted by Crippen LogP contribution is -2.48. The summed E-state index contributed by atoms with van der Waals surface area (Å²) in [5, 5.41) is 8.43. The van der Waals surface area contributed by atoms with Crippen molar-refractivity contribution in [1.29, 1.82) is 0 Å². The summed E-state index contributed by atoms with van der Waals surface area (Å²) >= 11 is 0. The van der Waals surface area contributed by atoms with Crippen LogP contribution in [0, 0.1) is 0 Å². The summed E-state index contributed by atoms with van der Waals surface area (Å²) in [6.07, 6.45) is 0.120. The van der Waals surface area contributed by atoms with Crippen molar-refractivity contribution in [3.8, 4) is 0 Å². The SMILES string of the molecule is O=C(N[C@H](Cc1ccccc1)C(=O)NCC[C@H]1C(=O)Nc2ccccc21)OCc1ccccc1. The van der Waals surface area contributed by atoms with E-state index in [1.165, 1.54) is 0 Å². The molecule has 0 radical (unpaired) electrons. The molecule has 34 heavy (non-hydrogen) atoms. The number of carbonyl (C=O) groups is 3. The average molecular weight is 458 g/mol. The number of alkyl carbamates (subject to hydrolysis) is 1. The van der Waals surface area contributed by atoms with Gasteiger partial charge in [0.15, 0.2) is 0 Å². The third kappa shape index (κ3) is 6.01. The molecule has 1 aliphatic rings. The Kier molecular flexibility index (Phi) is 7.55. The molecule has 2 atom stereocenters. The first kappa shape index (κ1) is 23.0. The summed E-state index contributed by atoms with van der Waals surface area (Å²) in [5.74, 6) is -0.709. The molecule has 1 heterocycles. The quantitative estimate of drug-likeness (QED) is 0.456. The minimum atomic E-state index is -0.810. The summed E-state index contributed by atoms with van der Waals surface area (Å²) in [6, 6.07) is 25.5. The summed E-state index contributed by atoms with van der Waals surface area (Å²) in [4.78, 5) is 37.7. The Balaban J connectivity index is 1.34. The first-order valence-electron chi connectivity index (χ1n) is 11.3. The van der Waals surface area contributed by atoms with Crippen molar-refractivity contribution in [2.24, 2.45) is 0 Å². The maximum absolute atomic E-state index is 13.0. The normalized spacial score (nSPS) is 15.1. The molecule has 0 saturated heterocycles. The number of benzene rings is 3. The smallest absolute Gasteiger partial charge is 0.408 e. The molecular formula is C27H27N3O4. The number of carbonyl (C=O) groups excluding carboxylic acids is 3. The number of hydrogen-bond acceptors (Lipinski definition) is 4. The molecule has 7 heteroatoms. The zero-order valence-electron chi connectivity index (χ0n) is 18.7. The maximum Gasteiger partial charge on any atom is 0.408 e. The second-order valence-corrected chi connectivity index (χ2v) is 8.16. The predicted molar refractivity (Wildman–Crippen MR) is 129 cm³/mol. The molecule has 1 aliphatic heterocycles. The first-order valence-corrected chi connectivity index (χ1v) is 11.3. The highest BCUT2D eigenvalue weighted by Crippen LogP contribution is 2.33. The van der Waals surface area contributed by atoms with E-state index in [9.17, 15) is 14.4 Å². The molecule has 0 unspecified atom stereocenters. The van der Waals surface area contributed by atoms with Gasteiger partial charge in [0, 0.05) is 18.7 Å². The molecule has 174 valence electrons. The van der Waals surface area contributed by atoms with E-state index < -0.39 is 12.1 Å². The summed E-state index contributed by atoms with van der Waals surface area (Å²) < 4.78 is 5.30. The van der Waals surface area contributed by atoms with Crippen molar-refractivity contribution >= 4 is 23.6 Å². The Labute approximate surface area is 198 Å². The lowest BCUT2D eigenvalue weighted by Gasteiger charge is -2.19. The number of amides is 3. The third-order valence-electron chi connectivity index (χ3n) is 5.75. The van der Waals surface area contributed by atoms with E-state index in [0.717, 1.165) is 22.4 Å². The van der Waals surface area contributed by atoms with Crippen LogP contribution in [0.15, 0.2) is 84.9 Å². The van der Waals surface area contributed by atoms with Gasteiger partial charge in [-0.3, -0.25) is 9.59 Å². The van der Waals surface area contributed by atoms with Gasteiger partial charge in [0.1, 0.15) is 12.6 Å². The molecule has 3 amide bonds. The predicted octanol–water partition coefficient (Wildman–Crippen LogP) is 3.77. The van der Waals surface area contributed by atoms with Gasteiger partial charge in [-0.2, -0.15) is 0 Å². The summed E-state index contributed by atoms with van der Waals surface area (Å²) in [5.41, 5.74) is 3.52. The average Bonchev–Trinajstić information content (AvgIpc) is 3.18. The highest BCUT2D eigenvalue weighted by atomic mass is 16.5. The Bertz CT molecular complexity index is 1130. The van der Waals surface area contributed by atoms with Crippen LogP contribution in [0.25, 0.3) is 0 Å². The lowest BCUT2D eigenvalue weighted by atomic mass is 9.97. The van der Waals surface area contributed by atoms with Crippen LogP contribution in [0.3, 0.4) is 0 Å². The monoisotopic (exact) mass is 457 g/mol. The van der Waals surface area contributed by atoms with Gasteiger partial charge in [-0.05, 0) is 29.2 Å². The third-order valence-corrected chi connectivity index (χ3v) is 5.75. The van der Waals surface area contributed by atoms with E-state index in [1.807, 2.05) is 84.9 Å². The molecular weight excluding hydrogens is 430 g/mol. The minimum Gasteiger partial charge on any atom is -0.445 e. The molecule has 3 aromatic rings. The Hall–Kier alpha value is -4.13. The van der Waals surface area contributed by atoms with Crippen molar-refractivity contribution < 1.29 is 19.1 Å². The number of anilines is 1. The van der Waals surface area contributed by atoms with Crippen LogP contribution in [0.5, 0.6) is 0 Å². The molecule has 7 nitrogen and oxygen atoms in total. The Morgan fingerprint density at radius 1 is 0.882 bits per heavy atom. The largest absolute Gasteiger partial charge is 0.445 e. The minimum absolute atomic E-state index is 0.0705. The van der Waals surface area contributed by atoms with Crippen LogP contribution >= 0.6 is 0 Å². The van der Waals surface area contributed by atoms with Gasteiger partial charge in [-0.15, -0.1) is 0 Å². The van der Waals surface area contributed by atoms with E-state index in [-0.39, 0.29) is 24.3 Å². The van der Waals surface area contributed by atoms with Crippen LogP contribution in [0.4, 0.5) is 10.5 Å². The van der Waals surface area contributed by atoms with Crippen LogP contribution in [-0.2, 0) is 27.4 Å². The second kappa shape index (κ2) is 11.1. The van der Waals surface area contributed by atoms with E-state index >= 15 is 0 Å².